The first kappa shape index (κ1) is 84.1. The van der Waals surface area contributed by atoms with E-state index in [0.717, 1.165) is 102 Å². The molecule has 0 aliphatic carbocycles. The summed E-state index contributed by atoms with van der Waals surface area (Å²) in [6.45, 7) is 9.46. The van der Waals surface area contributed by atoms with Crippen molar-refractivity contribution in [3.05, 3.63) is 0 Å². The Labute approximate surface area is 524 Å². The first-order chi connectivity index (χ1) is 41.4. The van der Waals surface area contributed by atoms with Crippen molar-refractivity contribution in [2.75, 3.05) is 39.6 Å². The Morgan fingerprint density at radius 3 is 0.884 bits per heavy atom. The van der Waals surface area contributed by atoms with Crippen LogP contribution >= 0.6 is 15.6 Å². The van der Waals surface area contributed by atoms with Gasteiger partial charge in [0.05, 0.1) is 26.4 Å². The first-order valence-corrected chi connectivity index (χ1v) is 38.0. The van der Waals surface area contributed by atoms with Gasteiger partial charge in [-0.3, -0.25) is 37.3 Å². The van der Waals surface area contributed by atoms with Crippen LogP contribution in [-0.4, -0.2) is 96.7 Å². The topological polar surface area (TPSA) is 237 Å². The van der Waals surface area contributed by atoms with E-state index >= 15 is 0 Å². The van der Waals surface area contributed by atoms with Crippen LogP contribution in [0.5, 0.6) is 0 Å². The predicted octanol–water partition coefficient (Wildman–Crippen LogP) is 18.8. The Hall–Kier alpha value is -1.94. The number of hydrogen-bond donors (Lipinski definition) is 3. The molecule has 0 heterocycles. The lowest BCUT2D eigenvalue weighted by Gasteiger charge is -2.21. The van der Waals surface area contributed by atoms with Crippen molar-refractivity contribution < 1.29 is 80.2 Å². The second kappa shape index (κ2) is 59.4. The van der Waals surface area contributed by atoms with E-state index in [1.807, 2.05) is 0 Å². The van der Waals surface area contributed by atoms with Gasteiger partial charge in [0.2, 0.25) is 0 Å². The average molecular weight is 1270 g/mol. The maximum atomic E-state index is 13.0. The van der Waals surface area contributed by atoms with Crippen LogP contribution in [0, 0.1) is 11.8 Å². The van der Waals surface area contributed by atoms with Crippen molar-refractivity contribution in [1.29, 1.82) is 0 Å². The van der Waals surface area contributed by atoms with Crippen LogP contribution in [0.4, 0.5) is 0 Å². The SMILES string of the molecule is CCCCCCCCCCCCCCCC(=O)OC[C@H](COP(=O)(O)OC[C@@H](O)COP(=O)(O)OC[C@@H](COC(=O)CCCCCCCCCCC)OC(=O)CCCCCCCCC(C)CC)OC(=O)CCCCCCCCCCCCCC(C)C. The molecule has 0 aliphatic rings. The van der Waals surface area contributed by atoms with Gasteiger partial charge >= 0.3 is 39.5 Å². The van der Waals surface area contributed by atoms with E-state index in [1.54, 1.807) is 0 Å². The van der Waals surface area contributed by atoms with Gasteiger partial charge in [-0.25, -0.2) is 9.13 Å². The first-order valence-electron chi connectivity index (χ1n) is 35.0. The van der Waals surface area contributed by atoms with E-state index in [2.05, 4.69) is 41.5 Å². The fourth-order valence-corrected chi connectivity index (χ4v) is 11.6. The molecule has 510 valence electrons. The second-order valence-corrected chi connectivity index (χ2v) is 27.8. The number of carbonyl (C=O) groups is 4. The van der Waals surface area contributed by atoms with Gasteiger partial charge in [-0.15, -0.1) is 0 Å². The van der Waals surface area contributed by atoms with Crippen molar-refractivity contribution in [3.8, 4) is 0 Å². The molecule has 0 aromatic heterocycles. The minimum atomic E-state index is -4.95. The summed E-state index contributed by atoms with van der Waals surface area (Å²) < 4.78 is 68.1. The summed E-state index contributed by atoms with van der Waals surface area (Å²) in [6, 6.07) is 0. The molecular formula is C67H130O17P2. The highest BCUT2D eigenvalue weighted by atomic mass is 31.2. The number of phosphoric ester groups is 2. The number of aliphatic hydroxyl groups excluding tert-OH is 1. The highest BCUT2D eigenvalue weighted by Gasteiger charge is 2.30. The molecule has 0 rings (SSSR count). The zero-order valence-electron chi connectivity index (χ0n) is 55.6. The molecule has 6 atom stereocenters. The van der Waals surface area contributed by atoms with E-state index in [4.69, 9.17) is 37.0 Å². The second-order valence-electron chi connectivity index (χ2n) is 24.9. The Kier molecular flexibility index (Phi) is 58.0. The van der Waals surface area contributed by atoms with Crippen LogP contribution in [0.3, 0.4) is 0 Å². The van der Waals surface area contributed by atoms with Gasteiger partial charge in [0.15, 0.2) is 12.2 Å². The molecule has 3 N–H and O–H groups in total. The minimum Gasteiger partial charge on any atom is -0.462 e. The highest BCUT2D eigenvalue weighted by Crippen LogP contribution is 2.45. The van der Waals surface area contributed by atoms with Gasteiger partial charge in [-0.05, 0) is 37.5 Å². The van der Waals surface area contributed by atoms with Crippen molar-refractivity contribution >= 4 is 39.5 Å². The van der Waals surface area contributed by atoms with Gasteiger partial charge in [0, 0.05) is 25.7 Å². The molecule has 17 nitrogen and oxygen atoms in total. The predicted molar refractivity (Wildman–Crippen MR) is 345 cm³/mol. The van der Waals surface area contributed by atoms with E-state index < -0.39 is 97.5 Å². The minimum absolute atomic E-state index is 0.103. The van der Waals surface area contributed by atoms with Gasteiger partial charge in [-0.1, -0.05) is 286 Å². The third-order valence-corrected chi connectivity index (χ3v) is 17.7. The summed E-state index contributed by atoms with van der Waals surface area (Å²) in [4.78, 5) is 72.3. The van der Waals surface area contributed by atoms with E-state index in [0.29, 0.717) is 25.7 Å². The molecule has 86 heavy (non-hydrogen) atoms. The van der Waals surface area contributed by atoms with Crippen LogP contribution in [0.15, 0.2) is 0 Å². The number of hydrogen-bond acceptors (Lipinski definition) is 15. The summed E-state index contributed by atoms with van der Waals surface area (Å²) in [5.74, 6) is -0.645. The summed E-state index contributed by atoms with van der Waals surface area (Å²) >= 11 is 0. The molecule has 0 spiro atoms. The smallest absolute Gasteiger partial charge is 0.462 e. The Morgan fingerprint density at radius 1 is 0.337 bits per heavy atom. The number of phosphoric acid groups is 2. The Bertz CT molecular complexity index is 1690. The summed E-state index contributed by atoms with van der Waals surface area (Å²) in [5, 5.41) is 10.6. The third kappa shape index (κ3) is 59.7. The molecule has 19 heteroatoms. The zero-order chi connectivity index (χ0) is 63.6. The molecule has 0 bridgehead atoms. The quantitative estimate of drug-likeness (QED) is 0.0222. The van der Waals surface area contributed by atoms with Crippen LogP contribution < -0.4 is 0 Å². The van der Waals surface area contributed by atoms with Crippen molar-refractivity contribution in [1.82, 2.24) is 0 Å². The molecule has 0 aromatic rings. The molecule has 3 unspecified atom stereocenters. The normalized spacial score (nSPS) is 14.5. The Balaban J connectivity index is 5.24. The number of aliphatic hydroxyl groups is 1. The maximum Gasteiger partial charge on any atom is 0.472 e. The zero-order valence-corrected chi connectivity index (χ0v) is 57.4. The largest absolute Gasteiger partial charge is 0.472 e. The fraction of sp³-hybridized carbons (Fsp3) is 0.940. The van der Waals surface area contributed by atoms with Crippen LogP contribution in [0.2, 0.25) is 0 Å². The summed E-state index contributed by atoms with van der Waals surface area (Å²) in [6.07, 6.45) is 43.0. The number of esters is 4. The number of ether oxygens (including phenoxy) is 4. The van der Waals surface area contributed by atoms with Crippen LogP contribution in [-0.2, 0) is 65.4 Å². The third-order valence-electron chi connectivity index (χ3n) is 15.8. The molecule has 0 aromatic carbocycles. The number of carbonyl (C=O) groups excluding carboxylic acids is 4. The van der Waals surface area contributed by atoms with E-state index in [1.165, 1.54) is 154 Å². The van der Waals surface area contributed by atoms with E-state index in [-0.39, 0.29) is 25.7 Å². The van der Waals surface area contributed by atoms with Crippen LogP contribution in [0.1, 0.15) is 337 Å². The van der Waals surface area contributed by atoms with Gasteiger partial charge in [0.25, 0.3) is 0 Å². The van der Waals surface area contributed by atoms with Gasteiger partial charge in [0.1, 0.15) is 19.3 Å². The Morgan fingerprint density at radius 2 is 0.593 bits per heavy atom. The molecule has 0 fully saturated rings. The van der Waals surface area contributed by atoms with Crippen molar-refractivity contribution in [2.24, 2.45) is 11.8 Å². The van der Waals surface area contributed by atoms with Gasteiger partial charge in [-0.2, -0.15) is 0 Å². The molecule has 0 amide bonds. The maximum absolute atomic E-state index is 13.0. The molecule has 0 saturated carbocycles. The monoisotopic (exact) mass is 1270 g/mol. The van der Waals surface area contributed by atoms with Crippen LogP contribution in [0.25, 0.3) is 0 Å². The molecule has 0 saturated heterocycles. The van der Waals surface area contributed by atoms with Crippen molar-refractivity contribution in [2.45, 2.75) is 355 Å². The van der Waals surface area contributed by atoms with E-state index in [9.17, 15) is 43.2 Å². The molecule has 0 radical (unpaired) electrons. The molecular weight excluding hydrogens is 1140 g/mol. The summed E-state index contributed by atoms with van der Waals surface area (Å²) in [5.41, 5.74) is 0. The highest BCUT2D eigenvalue weighted by molar-refractivity contribution is 7.47. The lowest BCUT2D eigenvalue weighted by Crippen LogP contribution is -2.30. The average Bonchev–Trinajstić information content (AvgIpc) is 3.61. The molecule has 0 aliphatic heterocycles. The van der Waals surface area contributed by atoms with Crippen molar-refractivity contribution in [3.63, 3.8) is 0 Å². The fourth-order valence-electron chi connectivity index (χ4n) is 10.0. The number of rotatable bonds is 66. The lowest BCUT2D eigenvalue weighted by molar-refractivity contribution is -0.161. The summed E-state index contributed by atoms with van der Waals surface area (Å²) in [7, 11) is -9.89. The standard InChI is InChI=1S/C67H130O17P2/c1-7-10-12-14-16-18-19-20-23-27-31-38-44-50-65(70)78-55-62(83-66(71)51-45-39-32-28-24-21-22-26-29-35-41-47-59(4)5)57-81-85(73,74)79-53-61(68)54-80-86(75,76)82-58-63(56-77-64(69)49-43-37-30-25-17-15-13-11-8-2)84-67(72)52-46-40-34-33-36-42-48-60(6)9-3/h59-63,68H,7-58H2,1-6H3,(H,73,74)(H,75,76)/t60?,61-,62-,63-/m1/s1. The van der Waals surface area contributed by atoms with Gasteiger partial charge < -0.3 is 33.8 Å². The lowest BCUT2D eigenvalue weighted by atomic mass is 10.00. The number of unbranched alkanes of at least 4 members (excludes halogenated alkanes) is 35.